The van der Waals surface area contributed by atoms with Crippen molar-refractivity contribution in [3.63, 3.8) is 0 Å². The minimum atomic E-state index is -0.327. The third kappa shape index (κ3) is 6.85. The van der Waals surface area contributed by atoms with Crippen molar-refractivity contribution in [1.82, 2.24) is 10.6 Å². The molecule has 166 valence electrons. The summed E-state index contributed by atoms with van der Waals surface area (Å²) in [6.07, 6.45) is 0. The predicted molar refractivity (Wildman–Crippen MR) is 123 cm³/mol. The summed E-state index contributed by atoms with van der Waals surface area (Å²) in [5.41, 5.74) is 0.990. The van der Waals surface area contributed by atoms with E-state index in [0.717, 1.165) is 0 Å². The number of thiophene rings is 1. The molecule has 9 heteroatoms. The maximum atomic E-state index is 12.2. The lowest BCUT2D eigenvalue weighted by atomic mass is 10.2. The van der Waals surface area contributed by atoms with Crippen LogP contribution in [0.1, 0.15) is 20.0 Å². The van der Waals surface area contributed by atoms with Gasteiger partial charge in [0.1, 0.15) is 11.5 Å². The zero-order valence-corrected chi connectivity index (χ0v) is 18.2. The lowest BCUT2D eigenvalue weighted by molar-refractivity contribution is -0.118. The Morgan fingerprint density at radius 3 is 2.28 bits per heavy atom. The van der Waals surface area contributed by atoms with E-state index in [-0.39, 0.29) is 24.3 Å². The van der Waals surface area contributed by atoms with Crippen molar-refractivity contribution in [2.24, 2.45) is 0 Å². The summed E-state index contributed by atoms with van der Waals surface area (Å²) >= 11 is 1.36. The number of ether oxygens (including phenoxy) is 2. The Labute approximate surface area is 189 Å². The Morgan fingerprint density at radius 1 is 0.875 bits per heavy atom. The fourth-order valence-corrected chi connectivity index (χ4v) is 3.33. The van der Waals surface area contributed by atoms with E-state index < -0.39 is 0 Å². The van der Waals surface area contributed by atoms with Gasteiger partial charge in [-0.2, -0.15) is 0 Å². The smallest absolute Gasteiger partial charge is 0.262 e. The van der Waals surface area contributed by atoms with Gasteiger partial charge in [-0.1, -0.05) is 12.1 Å². The number of methoxy groups -OCH3 is 1. The largest absolute Gasteiger partial charge is 0.497 e. The quantitative estimate of drug-likeness (QED) is 0.410. The summed E-state index contributed by atoms with van der Waals surface area (Å²) in [4.78, 5) is 36.8. The molecular weight excluding hydrogens is 430 g/mol. The lowest BCUT2D eigenvalue weighted by Gasteiger charge is -2.09. The second-order valence-electron chi connectivity index (χ2n) is 6.58. The van der Waals surface area contributed by atoms with Crippen LogP contribution in [0.2, 0.25) is 0 Å². The minimum absolute atomic E-state index is 0.160. The summed E-state index contributed by atoms with van der Waals surface area (Å²) in [5, 5.41) is 10.0. The molecule has 32 heavy (non-hydrogen) atoms. The van der Waals surface area contributed by atoms with E-state index >= 15 is 0 Å². The zero-order chi connectivity index (χ0) is 22.8. The van der Waals surface area contributed by atoms with Crippen LogP contribution in [-0.4, -0.2) is 44.5 Å². The number of anilines is 1. The van der Waals surface area contributed by atoms with Crippen molar-refractivity contribution in [2.45, 2.75) is 0 Å². The summed E-state index contributed by atoms with van der Waals surface area (Å²) < 4.78 is 10.6. The van der Waals surface area contributed by atoms with Gasteiger partial charge in [0, 0.05) is 30.4 Å². The van der Waals surface area contributed by atoms with Crippen molar-refractivity contribution < 1.29 is 23.9 Å². The summed E-state index contributed by atoms with van der Waals surface area (Å²) in [6, 6.07) is 17.0. The van der Waals surface area contributed by atoms with Crippen LogP contribution >= 0.6 is 11.3 Å². The van der Waals surface area contributed by atoms with E-state index in [9.17, 15) is 14.4 Å². The van der Waals surface area contributed by atoms with Crippen LogP contribution in [0.3, 0.4) is 0 Å². The van der Waals surface area contributed by atoms with Crippen LogP contribution in [0.5, 0.6) is 11.5 Å². The maximum Gasteiger partial charge on any atom is 0.262 e. The van der Waals surface area contributed by atoms with Crippen molar-refractivity contribution in [2.75, 3.05) is 32.1 Å². The van der Waals surface area contributed by atoms with Crippen molar-refractivity contribution in [1.29, 1.82) is 0 Å². The van der Waals surface area contributed by atoms with Gasteiger partial charge in [-0.3, -0.25) is 14.4 Å². The van der Waals surface area contributed by atoms with Crippen LogP contribution < -0.4 is 25.4 Å². The highest BCUT2D eigenvalue weighted by atomic mass is 32.1. The van der Waals surface area contributed by atoms with Crippen LogP contribution in [-0.2, 0) is 4.79 Å². The molecule has 0 aliphatic heterocycles. The molecule has 0 aliphatic carbocycles. The monoisotopic (exact) mass is 453 g/mol. The molecule has 3 aromatic rings. The highest BCUT2D eigenvalue weighted by molar-refractivity contribution is 7.12. The number of rotatable bonds is 10. The molecule has 0 aliphatic rings. The second kappa shape index (κ2) is 11.5. The van der Waals surface area contributed by atoms with Crippen LogP contribution in [0.25, 0.3) is 0 Å². The molecule has 3 N–H and O–H groups in total. The molecule has 0 saturated carbocycles. The number of nitrogens with one attached hydrogen (secondary N) is 3. The molecule has 0 atom stereocenters. The number of benzene rings is 2. The zero-order valence-electron chi connectivity index (χ0n) is 17.4. The normalized spacial score (nSPS) is 10.2. The molecule has 0 bridgehead atoms. The molecule has 0 saturated heterocycles. The Hall–Kier alpha value is -3.85. The molecule has 1 heterocycles. The molecular formula is C23H23N3O5S. The van der Waals surface area contributed by atoms with E-state index in [1.54, 1.807) is 67.8 Å². The molecule has 3 amide bonds. The predicted octanol–water partition coefficient (Wildman–Crippen LogP) is 2.93. The fraction of sp³-hybridized carbons (Fsp3) is 0.174. The van der Waals surface area contributed by atoms with Gasteiger partial charge >= 0.3 is 0 Å². The SMILES string of the molecule is COc1cccc(OCC(=O)Nc2ccc(C(=O)NCCNC(=O)c3cccs3)cc2)c1. The Morgan fingerprint density at radius 2 is 1.59 bits per heavy atom. The highest BCUT2D eigenvalue weighted by Crippen LogP contribution is 2.19. The topological polar surface area (TPSA) is 106 Å². The van der Waals surface area contributed by atoms with Gasteiger partial charge < -0.3 is 25.4 Å². The molecule has 0 radical (unpaired) electrons. The number of hydrogen-bond acceptors (Lipinski definition) is 6. The molecule has 3 rings (SSSR count). The number of hydrogen-bond donors (Lipinski definition) is 3. The molecule has 2 aromatic carbocycles. The molecule has 1 aromatic heterocycles. The van der Waals surface area contributed by atoms with Gasteiger partial charge in [0.05, 0.1) is 12.0 Å². The summed E-state index contributed by atoms with van der Waals surface area (Å²) in [7, 11) is 1.56. The molecule has 8 nitrogen and oxygen atoms in total. The maximum absolute atomic E-state index is 12.2. The number of carbonyl (C=O) groups excluding carboxylic acids is 3. The van der Waals surface area contributed by atoms with Gasteiger partial charge in [0.25, 0.3) is 17.7 Å². The van der Waals surface area contributed by atoms with E-state index in [1.807, 2.05) is 5.38 Å². The lowest BCUT2D eigenvalue weighted by Crippen LogP contribution is -2.34. The van der Waals surface area contributed by atoms with Crippen molar-refractivity contribution >= 4 is 34.7 Å². The molecule has 0 spiro atoms. The summed E-state index contributed by atoms with van der Waals surface area (Å²) in [5.74, 6) is 0.408. The second-order valence-corrected chi connectivity index (χ2v) is 7.53. The van der Waals surface area contributed by atoms with Gasteiger partial charge in [0.2, 0.25) is 0 Å². The first-order valence-corrected chi connectivity index (χ1v) is 10.7. The number of amides is 3. The standard InChI is InChI=1S/C23H23N3O5S/c1-30-18-4-2-5-19(14-18)31-15-21(27)26-17-9-7-16(8-10-17)22(28)24-11-12-25-23(29)20-6-3-13-32-20/h2-10,13-14H,11-12,15H2,1H3,(H,24,28)(H,25,29)(H,26,27). The van der Waals surface area contributed by atoms with Crippen LogP contribution in [0.15, 0.2) is 66.0 Å². The number of carbonyl (C=O) groups is 3. The first-order chi connectivity index (χ1) is 15.5. The minimum Gasteiger partial charge on any atom is -0.497 e. The average molecular weight is 454 g/mol. The van der Waals surface area contributed by atoms with E-state index in [0.29, 0.717) is 40.7 Å². The molecule has 0 fully saturated rings. The highest BCUT2D eigenvalue weighted by Gasteiger charge is 2.09. The Bertz CT molecular complexity index is 1050. The van der Waals surface area contributed by atoms with Crippen LogP contribution in [0.4, 0.5) is 5.69 Å². The van der Waals surface area contributed by atoms with E-state index in [1.165, 1.54) is 11.3 Å². The first-order valence-electron chi connectivity index (χ1n) is 9.82. The van der Waals surface area contributed by atoms with Crippen molar-refractivity contribution in [3.8, 4) is 11.5 Å². The van der Waals surface area contributed by atoms with Crippen LogP contribution in [0, 0.1) is 0 Å². The van der Waals surface area contributed by atoms with E-state index in [2.05, 4.69) is 16.0 Å². The Balaban J connectivity index is 1.39. The first kappa shape index (κ1) is 22.8. The third-order valence-electron chi connectivity index (χ3n) is 4.28. The van der Waals surface area contributed by atoms with Gasteiger partial charge in [-0.05, 0) is 47.8 Å². The van der Waals surface area contributed by atoms with Gasteiger partial charge in [-0.15, -0.1) is 11.3 Å². The van der Waals surface area contributed by atoms with Gasteiger partial charge in [0.15, 0.2) is 6.61 Å². The Kier molecular flexibility index (Phi) is 8.22. The molecule has 0 unspecified atom stereocenters. The third-order valence-corrected chi connectivity index (χ3v) is 5.15. The summed E-state index contributed by atoms with van der Waals surface area (Å²) in [6.45, 7) is 0.465. The van der Waals surface area contributed by atoms with Crippen molar-refractivity contribution in [3.05, 3.63) is 76.5 Å². The average Bonchev–Trinajstić information content (AvgIpc) is 3.36. The fourth-order valence-electron chi connectivity index (χ4n) is 2.69. The van der Waals surface area contributed by atoms with Gasteiger partial charge in [-0.25, -0.2) is 0 Å². The van der Waals surface area contributed by atoms with E-state index in [4.69, 9.17) is 9.47 Å².